The van der Waals surface area contributed by atoms with Crippen LogP contribution in [0.2, 0.25) is 0 Å². The number of thiocarbonyl (C=S) groups is 1. The SMILES string of the molecule is Cc1occc1C(=O)NNC(=S)NCCc1ccccc1. The first-order valence-electron chi connectivity index (χ1n) is 6.59. The molecule has 0 aliphatic rings. The summed E-state index contributed by atoms with van der Waals surface area (Å²) >= 11 is 5.09. The van der Waals surface area contributed by atoms with Crippen molar-refractivity contribution in [1.29, 1.82) is 0 Å². The molecule has 0 atom stereocenters. The molecule has 0 radical (unpaired) electrons. The molecule has 3 N–H and O–H groups in total. The first-order valence-corrected chi connectivity index (χ1v) is 7.00. The minimum absolute atomic E-state index is 0.284. The second-order valence-corrected chi connectivity index (χ2v) is 4.87. The highest BCUT2D eigenvalue weighted by Crippen LogP contribution is 2.07. The lowest BCUT2D eigenvalue weighted by Gasteiger charge is -2.11. The number of hydrogen-bond donors (Lipinski definition) is 3. The summed E-state index contributed by atoms with van der Waals surface area (Å²) in [6.45, 7) is 2.42. The molecule has 2 rings (SSSR count). The summed E-state index contributed by atoms with van der Waals surface area (Å²) in [6.07, 6.45) is 2.33. The van der Waals surface area contributed by atoms with Crippen LogP contribution >= 0.6 is 12.2 Å². The average Bonchev–Trinajstić information content (AvgIpc) is 2.92. The Labute approximate surface area is 128 Å². The van der Waals surface area contributed by atoms with Crippen molar-refractivity contribution in [2.75, 3.05) is 6.54 Å². The van der Waals surface area contributed by atoms with E-state index in [1.54, 1.807) is 13.0 Å². The lowest BCUT2D eigenvalue weighted by atomic mass is 10.1. The van der Waals surface area contributed by atoms with E-state index in [9.17, 15) is 4.79 Å². The Balaban J connectivity index is 1.68. The van der Waals surface area contributed by atoms with Gasteiger partial charge in [-0.1, -0.05) is 30.3 Å². The number of carbonyl (C=O) groups excluding carboxylic acids is 1. The topological polar surface area (TPSA) is 66.3 Å². The Kier molecular flexibility index (Phi) is 5.34. The number of rotatable bonds is 4. The molecule has 0 aliphatic heterocycles. The van der Waals surface area contributed by atoms with Crippen LogP contribution < -0.4 is 16.2 Å². The standard InChI is InChI=1S/C15H17N3O2S/c1-11-13(8-10-20-11)14(19)17-18-15(21)16-9-7-12-5-3-2-4-6-12/h2-6,8,10H,7,9H2,1H3,(H,17,19)(H2,16,18,21). The summed E-state index contributed by atoms with van der Waals surface area (Å²) < 4.78 is 5.07. The molecule has 2 aromatic rings. The van der Waals surface area contributed by atoms with Crippen LogP contribution in [0.5, 0.6) is 0 Å². The number of amides is 1. The maximum Gasteiger partial charge on any atom is 0.273 e. The predicted octanol–water partition coefficient (Wildman–Crippen LogP) is 1.94. The van der Waals surface area contributed by atoms with Gasteiger partial charge in [0.1, 0.15) is 5.76 Å². The lowest BCUT2D eigenvalue weighted by Crippen LogP contribution is -2.47. The number of nitrogens with one attached hydrogen (secondary N) is 3. The van der Waals surface area contributed by atoms with E-state index in [0.29, 0.717) is 23.0 Å². The zero-order valence-electron chi connectivity index (χ0n) is 11.7. The van der Waals surface area contributed by atoms with E-state index >= 15 is 0 Å². The van der Waals surface area contributed by atoms with Gasteiger partial charge in [-0.2, -0.15) is 0 Å². The van der Waals surface area contributed by atoms with Crippen molar-refractivity contribution in [3.05, 3.63) is 59.5 Å². The number of aryl methyl sites for hydroxylation is 1. The fraction of sp³-hybridized carbons (Fsp3) is 0.200. The van der Waals surface area contributed by atoms with Crippen LogP contribution in [0, 0.1) is 6.92 Å². The molecule has 21 heavy (non-hydrogen) atoms. The number of hydrazine groups is 1. The van der Waals surface area contributed by atoms with E-state index in [1.807, 2.05) is 18.2 Å². The first-order chi connectivity index (χ1) is 10.2. The molecular formula is C15H17N3O2S. The summed E-state index contributed by atoms with van der Waals surface area (Å²) in [6, 6.07) is 11.7. The quantitative estimate of drug-likeness (QED) is 0.595. The van der Waals surface area contributed by atoms with Crippen molar-refractivity contribution in [3.63, 3.8) is 0 Å². The monoisotopic (exact) mass is 303 g/mol. The van der Waals surface area contributed by atoms with Gasteiger partial charge in [0.05, 0.1) is 11.8 Å². The van der Waals surface area contributed by atoms with Crippen molar-refractivity contribution in [3.8, 4) is 0 Å². The number of carbonyl (C=O) groups is 1. The Morgan fingerprint density at radius 3 is 2.62 bits per heavy atom. The molecule has 0 unspecified atom stereocenters. The van der Waals surface area contributed by atoms with Gasteiger partial charge < -0.3 is 9.73 Å². The van der Waals surface area contributed by atoms with E-state index in [1.165, 1.54) is 11.8 Å². The Morgan fingerprint density at radius 1 is 1.19 bits per heavy atom. The van der Waals surface area contributed by atoms with Gasteiger partial charge in [0.2, 0.25) is 0 Å². The average molecular weight is 303 g/mol. The molecule has 1 aromatic heterocycles. The zero-order chi connectivity index (χ0) is 15.1. The molecule has 6 heteroatoms. The van der Waals surface area contributed by atoms with Gasteiger partial charge in [0, 0.05) is 6.54 Å². The third-order valence-electron chi connectivity index (χ3n) is 2.94. The molecule has 0 bridgehead atoms. The van der Waals surface area contributed by atoms with Gasteiger partial charge in [0.15, 0.2) is 5.11 Å². The van der Waals surface area contributed by atoms with Crippen LogP contribution in [0.4, 0.5) is 0 Å². The van der Waals surface area contributed by atoms with Gasteiger partial charge in [0.25, 0.3) is 5.91 Å². The van der Waals surface area contributed by atoms with E-state index in [0.717, 1.165) is 6.42 Å². The van der Waals surface area contributed by atoms with Crippen LogP contribution in [-0.4, -0.2) is 17.6 Å². The highest BCUT2D eigenvalue weighted by Gasteiger charge is 2.10. The van der Waals surface area contributed by atoms with Crippen molar-refractivity contribution < 1.29 is 9.21 Å². The molecule has 5 nitrogen and oxygen atoms in total. The van der Waals surface area contributed by atoms with Gasteiger partial charge in [-0.3, -0.25) is 15.6 Å². The number of hydrogen-bond acceptors (Lipinski definition) is 3. The summed E-state index contributed by atoms with van der Waals surface area (Å²) in [4.78, 5) is 11.8. The van der Waals surface area contributed by atoms with Gasteiger partial charge in [-0.05, 0) is 37.2 Å². The van der Waals surface area contributed by atoms with Gasteiger partial charge in [-0.15, -0.1) is 0 Å². The minimum Gasteiger partial charge on any atom is -0.469 e. The van der Waals surface area contributed by atoms with Crippen LogP contribution in [0.25, 0.3) is 0 Å². The zero-order valence-corrected chi connectivity index (χ0v) is 12.5. The van der Waals surface area contributed by atoms with Crippen molar-refractivity contribution in [1.82, 2.24) is 16.2 Å². The summed E-state index contributed by atoms with van der Waals surface area (Å²) in [5.41, 5.74) is 6.89. The van der Waals surface area contributed by atoms with E-state index in [4.69, 9.17) is 16.6 Å². The van der Waals surface area contributed by atoms with Gasteiger partial charge >= 0.3 is 0 Å². The van der Waals surface area contributed by atoms with E-state index in [-0.39, 0.29) is 5.91 Å². The van der Waals surface area contributed by atoms with Crippen molar-refractivity contribution in [2.24, 2.45) is 0 Å². The van der Waals surface area contributed by atoms with Crippen LogP contribution in [0.3, 0.4) is 0 Å². The summed E-state index contributed by atoms with van der Waals surface area (Å²) in [5.74, 6) is 0.283. The lowest BCUT2D eigenvalue weighted by molar-refractivity contribution is 0.0942. The maximum absolute atomic E-state index is 11.8. The molecule has 1 aromatic carbocycles. The fourth-order valence-corrected chi connectivity index (χ4v) is 1.96. The maximum atomic E-state index is 11.8. The van der Waals surface area contributed by atoms with Crippen LogP contribution in [0.1, 0.15) is 21.7 Å². The van der Waals surface area contributed by atoms with Crippen molar-refractivity contribution in [2.45, 2.75) is 13.3 Å². The molecule has 1 heterocycles. The first kappa shape index (κ1) is 15.1. The second-order valence-electron chi connectivity index (χ2n) is 4.46. The number of furan rings is 1. The molecule has 0 saturated carbocycles. The normalized spacial score (nSPS) is 9.95. The molecule has 1 amide bonds. The Bertz CT molecular complexity index is 610. The summed E-state index contributed by atoms with van der Waals surface area (Å²) in [5, 5.41) is 3.40. The molecular weight excluding hydrogens is 286 g/mol. The smallest absolute Gasteiger partial charge is 0.273 e. The van der Waals surface area contributed by atoms with Gasteiger partial charge in [-0.25, -0.2) is 0 Å². The van der Waals surface area contributed by atoms with Crippen LogP contribution in [0.15, 0.2) is 47.1 Å². The molecule has 110 valence electrons. The number of benzene rings is 1. The third-order valence-corrected chi connectivity index (χ3v) is 3.18. The summed E-state index contributed by atoms with van der Waals surface area (Å²) in [7, 11) is 0. The Hall–Kier alpha value is -2.34. The highest BCUT2D eigenvalue weighted by atomic mass is 32.1. The largest absolute Gasteiger partial charge is 0.469 e. The molecule has 0 fully saturated rings. The highest BCUT2D eigenvalue weighted by molar-refractivity contribution is 7.80. The molecule has 0 spiro atoms. The van der Waals surface area contributed by atoms with Crippen molar-refractivity contribution >= 4 is 23.2 Å². The van der Waals surface area contributed by atoms with Crippen LogP contribution in [-0.2, 0) is 6.42 Å². The Morgan fingerprint density at radius 2 is 1.95 bits per heavy atom. The molecule has 0 aliphatic carbocycles. The third kappa shape index (κ3) is 4.61. The molecule has 0 saturated heterocycles. The van der Waals surface area contributed by atoms with E-state index in [2.05, 4.69) is 28.3 Å². The fourth-order valence-electron chi connectivity index (χ4n) is 1.81. The van der Waals surface area contributed by atoms with E-state index < -0.39 is 0 Å². The predicted molar refractivity (Wildman–Crippen MR) is 84.8 cm³/mol. The second kappa shape index (κ2) is 7.44. The minimum atomic E-state index is -0.284.